The smallest absolute Gasteiger partial charge is 0.243 e. The number of hydrogen-bond donors (Lipinski definition) is 1. The summed E-state index contributed by atoms with van der Waals surface area (Å²) in [5, 5.41) is 4.95. The lowest BCUT2D eigenvalue weighted by atomic mass is 10.0. The number of sulfonamides is 1. The molecule has 0 spiro atoms. The Kier molecular flexibility index (Phi) is 7.60. The zero-order valence-electron chi connectivity index (χ0n) is 19.9. The van der Waals surface area contributed by atoms with E-state index in [-0.39, 0.29) is 10.8 Å². The number of carbonyl (C=O) groups excluding carboxylic acids is 1. The molecule has 180 valence electrons. The number of hydrogen-bond acceptors (Lipinski definition) is 5. The van der Waals surface area contributed by atoms with Crippen LogP contribution in [-0.4, -0.2) is 42.5 Å². The predicted octanol–water partition coefficient (Wildman–Crippen LogP) is 5.46. The van der Waals surface area contributed by atoms with Gasteiger partial charge in [-0.3, -0.25) is 4.79 Å². The number of benzene rings is 2. The van der Waals surface area contributed by atoms with E-state index in [1.54, 1.807) is 40.3 Å². The summed E-state index contributed by atoms with van der Waals surface area (Å²) >= 11 is 1.57. The molecule has 1 fully saturated rings. The second-order valence-corrected chi connectivity index (χ2v) is 11.9. The molecule has 0 bridgehead atoms. The normalized spacial score (nSPS) is 14.9. The van der Waals surface area contributed by atoms with Crippen LogP contribution in [-0.2, 0) is 14.8 Å². The van der Waals surface area contributed by atoms with Gasteiger partial charge in [-0.05, 0) is 81.1 Å². The van der Waals surface area contributed by atoms with E-state index in [2.05, 4.69) is 44.3 Å². The van der Waals surface area contributed by atoms with Gasteiger partial charge in [-0.25, -0.2) is 13.4 Å². The highest BCUT2D eigenvalue weighted by atomic mass is 32.2. The topological polar surface area (TPSA) is 79.4 Å². The van der Waals surface area contributed by atoms with Crippen molar-refractivity contribution in [3.63, 3.8) is 0 Å². The molecule has 0 atom stereocenters. The van der Waals surface area contributed by atoms with E-state index in [0.29, 0.717) is 31.0 Å². The first-order chi connectivity index (χ1) is 16.2. The van der Waals surface area contributed by atoms with E-state index in [4.69, 9.17) is 4.98 Å². The predicted molar refractivity (Wildman–Crippen MR) is 139 cm³/mol. The van der Waals surface area contributed by atoms with Gasteiger partial charge in [0.05, 0.1) is 15.4 Å². The van der Waals surface area contributed by atoms with Crippen molar-refractivity contribution in [1.82, 2.24) is 9.29 Å². The monoisotopic (exact) mass is 497 g/mol. The van der Waals surface area contributed by atoms with Crippen molar-refractivity contribution < 1.29 is 13.2 Å². The molecule has 0 radical (unpaired) electrons. The second-order valence-electron chi connectivity index (χ2n) is 8.89. The van der Waals surface area contributed by atoms with E-state index in [1.807, 2.05) is 0 Å². The highest BCUT2D eigenvalue weighted by Crippen LogP contribution is 2.27. The second kappa shape index (κ2) is 10.5. The Bertz CT molecular complexity index is 1300. The summed E-state index contributed by atoms with van der Waals surface area (Å²) in [7, 11) is -3.47. The van der Waals surface area contributed by atoms with Crippen LogP contribution in [0, 0.1) is 20.8 Å². The Labute approximate surface area is 206 Å². The van der Waals surface area contributed by atoms with Crippen LogP contribution in [0.4, 0.5) is 5.69 Å². The summed E-state index contributed by atoms with van der Waals surface area (Å²) in [5.41, 5.74) is 5.17. The van der Waals surface area contributed by atoms with E-state index in [9.17, 15) is 13.2 Å². The van der Waals surface area contributed by atoms with E-state index >= 15 is 0 Å². The Morgan fingerprint density at radius 2 is 1.71 bits per heavy atom. The van der Waals surface area contributed by atoms with Crippen LogP contribution in [0.25, 0.3) is 10.9 Å². The number of nitrogens with one attached hydrogen (secondary N) is 1. The first-order valence-corrected chi connectivity index (χ1v) is 14.1. The highest BCUT2D eigenvalue weighted by molar-refractivity contribution is 7.99. The van der Waals surface area contributed by atoms with Crippen molar-refractivity contribution in [2.24, 2.45) is 0 Å². The van der Waals surface area contributed by atoms with Crippen molar-refractivity contribution in [3.05, 3.63) is 59.2 Å². The van der Waals surface area contributed by atoms with Crippen molar-refractivity contribution in [2.45, 2.75) is 56.4 Å². The van der Waals surface area contributed by atoms with Crippen molar-refractivity contribution in [2.75, 3.05) is 24.2 Å². The Hall–Kier alpha value is -2.42. The van der Waals surface area contributed by atoms with Crippen LogP contribution >= 0.6 is 11.8 Å². The Balaban J connectivity index is 1.33. The lowest BCUT2D eigenvalue weighted by Gasteiger charge is -2.25. The molecule has 2 aromatic carbocycles. The summed E-state index contributed by atoms with van der Waals surface area (Å²) in [6.45, 7) is 7.41. The number of rotatable bonds is 7. The largest absolute Gasteiger partial charge is 0.326 e. The summed E-state index contributed by atoms with van der Waals surface area (Å²) in [6, 6.07) is 12.8. The molecule has 8 heteroatoms. The molecule has 1 aliphatic rings. The number of carbonyl (C=O) groups is 1. The molecule has 0 saturated carbocycles. The van der Waals surface area contributed by atoms with Crippen molar-refractivity contribution in [3.8, 4) is 0 Å². The first-order valence-electron chi connectivity index (χ1n) is 11.7. The molecule has 1 aliphatic heterocycles. The number of nitrogens with zero attached hydrogens (tertiary/aromatic N) is 2. The number of aromatic nitrogens is 1. The van der Waals surface area contributed by atoms with Gasteiger partial charge in [0.1, 0.15) is 0 Å². The molecule has 1 amide bonds. The maximum atomic E-state index is 12.8. The van der Waals surface area contributed by atoms with Gasteiger partial charge in [0.2, 0.25) is 15.9 Å². The molecule has 4 rings (SSSR count). The number of fused-ring (bicyclic) bond motifs is 1. The van der Waals surface area contributed by atoms with Crippen LogP contribution in [0.5, 0.6) is 0 Å². The number of piperidine rings is 1. The molecule has 34 heavy (non-hydrogen) atoms. The third kappa shape index (κ3) is 5.62. The number of pyridine rings is 1. The average Bonchev–Trinajstić information content (AvgIpc) is 2.81. The molecule has 0 unspecified atom stereocenters. The molecular formula is C26H31N3O3S2. The fourth-order valence-electron chi connectivity index (χ4n) is 4.32. The maximum absolute atomic E-state index is 12.8. The number of thioether (sulfide) groups is 1. The van der Waals surface area contributed by atoms with Gasteiger partial charge in [-0.1, -0.05) is 18.1 Å². The van der Waals surface area contributed by atoms with Crippen molar-refractivity contribution >= 4 is 44.3 Å². The quantitative estimate of drug-likeness (QED) is 0.439. The summed E-state index contributed by atoms with van der Waals surface area (Å²) in [4.78, 5) is 17.5. The summed E-state index contributed by atoms with van der Waals surface area (Å²) < 4.78 is 27.1. The maximum Gasteiger partial charge on any atom is 0.243 e. The van der Waals surface area contributed by atoms with Crippen LogP contribution in [0.15, 0.2) is 52.4 Å². The number of anilines is 1. The van der Waals surface area contributed by atoms with Crippen LogP contribution in [0.3, 0.4) is 0 Å². The fourth-order valence-corrected chi connectivity index (χ4v) is 6.75. The van der Waals surface area contributed by atoms with Gasteiger partial charge in [0.25, 0.3) is 0 Å². The molecule has 1 aromatic heterocycles. The molecule has 0 aliphatic carbocycles. The van der Waals surface area contributed by atoms with Crippen LogP contribution < -0.4 is 5.32 Å². The van der Waals surface area contributed by atoms with E-state index < -0.39 is 10.0 Å². The van der Waals surface area contributed by atoms with Gasteiger partial charge >= 0.3 is 0 Å². The van der Waals surface area contributed by atoms with Gasteiger partial charge in [-0.15, -0.1) is 11.8 Å². The average molecular weight is 498 g/mol. The number of amides is 1. The lowest BCUT2D eigenvalue weighted by molar-refractivity contribution is -0.115. The first kappa shape index (κ1) is 24.7. The summed E-state index contributed by atoms with van der Waals surface area (Å²) in [5.74, 6) is 0.499. The minimum Gasteiger partial charge on any atom is -0.326 e. The van der Waals surface area contributed by atoms with Gasteiger partial charge < -0.3 is 5.32 Å². The number of aryl methyl sites for hydroxylation is 3. The van der Waals surface area contributed by atoms with E-state index in [0.717, 1.165) is 35.4 Å². The molecule has 3 aromatic rings. The minimum atomic E-state index is -3.47. The molecule has 2 heterocycles. The zero-order valence-corrected chi connectivity index (χ0v) is 21.6. The molecule has 1 N–H and O–H groups in total. The lowest BCUT2D eigenvalue weighted by Crippen LogP contribution is -2.35. The SMILES string of the molecule is Cc1cc(C)c2nc(SCCC(=O)Nc3ccc(S(=O)(=O)N4CCCCC4)cc3)cc(C)c2c1. The molecule has 6 nitrogen and oxygen atoms in total. The van der Waals surface area contributed by atoms with Gasteiger partial charge in [0.15, 0.2) is 0 Å². The molecular weight excluding hydrogens is 466 g/mol. The highest BCUT2D eigenvalue weighted by Gasteiger charge is 2.25. The third-order valence-corrected chi connectivity index (χ3v) is 8.93. The third-order valence-electron chi connectivity index (χ3n) is 6.10. The van der Waals surface area contributed by atoms with Gasteiger partial charge in [0, 0.05) is 36.3 Å². The minimum absolute atomic E-state index is 0.108. The van der Waals surface area contributed by atoms with Gasteiger partial charge in [-0.2, -0.15) is 4.31 Å². The summed E-state index contributed by atoms with van der Waals surface area (Å²) in [6.07, 6.45) is 3.22. The van der Waals surface area contributed by atoms with E-state index in [1.165, 1.54) is 16.5 Å². The van der Waals surface area contributed by atoms with Crippen LogP contribution in [0.1, 0.15) is 42.4 Å². The van der Waals surface area contributed by atoms with Crippen LogP contribution in [0.2, 0.25) is 0 Å². The Morgan fingerprint density at radius 3 is 2.41 bits per heavy atom. The fraction of sp³-hybridized carbons (Fsp3) is 0.385. The van der Waals surface area contributed by atoms with Crippen molar-refractivity contribution in [1.29, 1.82) is 0 Å². The zero-order chi connectivity index (χ0) is 24.3. The Morgan fingerprint density at radius 1 is 1.00 bits per heavy atom. The molecule has 1 saturated heterocycles. The standard InChI is InChI=1S/C26H31N3O3S2/c1-18-15-20(3)26-23(16-18)19(2)17-25(28-26)33-14-11-24(30)27-21-7-9-22(10-8-21)34(31,32)29-12-5-4-6-13-29/h7-10,15-17H,4-6,11-14H2,1-3H3,(H,27,30).